The predicted molar refractivity (Wildman–Crippen MR) is 87.3 cm³/mol. The maximum Gasteiger partial charge on any atom is 0.251 e. The summed E-state index contributed by atoms with van der Waals surface area (Å²) in [5.41, 5.74) is 0.406. The van der Waals surface area contributed by atoms with E-state index in [-0.39, 0.29) is 17.0 Å². The molecule has 4 nitrogen and oxygen atoms in total. The van der Waals surface area contributed by atoms with Crippen LogP contribution in [0.15, 0.2) is 18.2 Å². The molecule has 6 heteroatoms. The van der Waals surface area contributed by atoms with Crippen LogP contribution in [0.5, 0.6) is 0 Å². The van der Waals surface area contributed by atoms with Gasteiger partial charge in [-0.05, 0) is 43.9 Å². The first-order chi connectivity index (χ1) is 11.1. The van der Waals surface area contributed by atoms with Crippen LogP contribution in [0.25, 0.3) is 0 Å². The maximum absolute atomic E-state index is 13.2. The topological polar surface area (TPSA) is 41.6 Å². The molecular weight excluding hydrogens is 319 g/mol. The number of hydrogen-bond donors (Lipinski definition) is 1. The van der Waals surface area contributed by atoms with Gasteiger partial charge >= 0.3 is 0 Å². The summed E-state index contributed by atoms with van der Waals surface area (Å²) >= 11 is 5.73. The third kappa shape index (κ3) is 4.22. The first kappa shape index (κ1) is 16.7. The number of carbonyl (C=O) groups excluding carboxylic acids is 1. The van der Waals surface area contributed by atoms with Crippen LogP contribution in [0, 0.1) is 5.82 Å². The summed E-state index contributed by atoms with van der Waals surface area (Å²) < 4.78 is 18.6. The third-order valence-electron chi connectivity index (χ3n) is 4.75. The fourth-order valence-corrected chi connectivity index (χ4v) is 3.55. The summed E-state index contributed by atoms with van der Waals surface area (Å²) in [6, 6.07) is 4.86. The molecule has 2 heterocycles. The molecule has 0 atom stereocenters. The van der Waals surface area contributed by atoms with Crippen molar-refractivity contribution in [1.29, 1.82) is 0 Å². The third-order valence-corrected chi connectivity index (χ3v) is 5.04. The Morgan fingerprint density at radius 1 is 1.22 bits per heavy atom. The summed E-state index contributed by atoms with van der Waals surface area (Å²) in [6.45, 7) is 3.71. The number of ether oxygens (including phenoxy) is 1. The van der Waals surface area contributed by atoms with E-state index in [1.807, 2.05) is 0 Å². The second-order valence-electron chi connectivity index (χ2n) is 6.26. The predicted octanol–water partition coefficient (Wildman–Crippen LogP) is 2.85. The number of nitrogens with zero attached hydrogens (tertiary/aromatic N) is 1. The molecule has 0 bridgehead atoms. The Kier molecular flexibility index (Phi) is 5.51. The number of benzene rings is 1. The van der Waals surface area contributed by atoms with Gasteiger partial charge in [-0.3, -0.25) is 4.79 Å². The van der Waals surface area contributed by atoms with Crippen LogP contribution in [0.3, 0.4) is 0 Å². The molecular formula is C17H22ClFN2O2. The van der Waals surface area contributed by atoms with Gasteiger partial charge in [-0.2, -0.15) is 0 Å². The molecule has 1 aromatic rings. The van der Waals surface area contributed by atoms with Gasteiger partial charge < -0.3 is 15.0 Å². The zero-order valence-corrected chi connectivity index (χ0v) is 13.8. The van der Waals surface area contributed by atoms with Gasteiger partial charge in [0.05, 0.1) is 5.02 Å². The monoisotopic (exact) mass is 340 g/mol. The van der Waals surface area contributed by atoms with Crippen molar-refractivity contribution < 1.29 is 13.9 Å². The standard InChI is InChI=1S/C17H22ClFN2O2/c18-15-11-12(1-2-16(15)19)17(22)20-13-3-7-21(8-4-13)14-5-9-23-10-6-14/h1-2,11,13-14H,3-10H2,(H,20,22). The summed E-state index contributed by atoms with van der Waals surface area (Å²) in [5, 5.41) is 3.01. The molecule has 126 valence electrons. The van der Waals surface area contributed by atoms with E-state index in [0.29, 0.717) is 11.6 Å². The summed E-state index contributed by atoms with van der Waals surface area (Å²) in [7, 11) is 0. The number of rotatable bonds is 3. The smallest absolute Gasteiger partial charge is 0.251 e. The molecule has 2 aliphatic heterocycles. The normalized spacial score (nSPS) is 21.3. The molecule has 0 aromatic heterocycles. The lowest BCUT2D eigenvalue weighted by Gasteiger charge is -2.39. The summed E-state index contributed by atoms with van der Waals surface area (Å²) in [5.74, 6) is -0.690. The molecule has 2 aliphatic rings. The van der Waals surface area contributed by atoms with E-state index in [1.54, 1.807) is 0 Å². The molecule has 23 heavy (non-hydrogen) atoms. The van der Waals surface area contributed by atoms with Crippen molar-refractivity contribution in [3.8, 4) is 0 Å². The molecule has 0 radical (unpaired) electrons. The maximum atomic E-state index is 13.2. The second-order valence-corrected chi connectivity index (χ2v) is 6.66. The van der Waals surface area contributed by atoms with Gasteiger partial charge in [-0.15, -0.1) is 0 Å². The van der Waals surface area contributed by atoms with Crippen molar-refractivity contribution in [2.75, 3.05) is 26.3 Å². The van der Waals surface area contributed by atoms with Crippen LogP contribution in [-0.4, -0.2) is 49.2 Å². The molecule has 3 rings (SSSR count). The molecule has 0 saturated carbocycles. The van der Waals surface area contributed by atoms with E-state index in [2.05, 4.69) is 10.2 Å². The largest absolute Gasteiger partial charge is 0.381 e. The molecule has 0 spiro atoms. The minimum atomic E-state index is -0.506. The first-order valence-electron chi connectivity index (χ1n) is 8.21. The summed E-state index contributed by atoms with van der Waals surface area (Å²) in [6.07, 6.45) is 4.09. The zero-order chi connectivity index (χ0) is 16.2. The van der Waals surface area contributed by atoms with Gasteiger partial charge in [-0.1, -0.05) is 11.6 Å². The van der Waals surface area contributed by atoms with Gasteiger partial charge in [0, 0.05) is 44.0 Å². The van der Waals surface area contributed by atoms with Crippen LogP contribution in [0.2, 0.25) is 5.02 Å². The number of likely N-dealkylation sites (tertiary alicyclic amines) is 1. The van der Waals surface area contributed by atoms with E-state index < -0.39 is 5.82 Å². The van der Waals surface area contributed by atoms with Gasteiger partial charge in [0.25, 0.3) is 5.91 Å². The second kappa shape index (κ2) is 7.60. The highest BCUT2D eigenvalue weighted by molar-refractivity contribution is 6.31. The van der Waals surface area contributed by atoms with Crippen molar-refractivity contribution >= 4 is 17.5 Å². The van der Waals surface area contributed by atoms with Crippen molar-refractivity contribution in [2.24, 2.45) is 0 Å². The molecule has 0 unspecified atom stereocenters. The minimum Gasteiger partial charge on any atom is -0.381 e. The minimum absolute atomic E-state index is 0.0213. The molecule has 0 aliphatic carbocycles. The fraction of sp³-hybridized carbons (Fsp3) is 0.588. The quantitative estimate of drug-likeness (QED) is 0.920. The number of nitrogens with one attached hydrogen (secondary N) is 1. The highest BCUT2D eigenvalue weighted by Crippen LogP contribution is 2.21. The number of hydrogen-bond acceptors (Lipinski definition) is 3. The lowest BCUT2D eigenvalue weighted by molar-refractivity contribution is 0.0238. The van der Waals surface area contributed by atoms with Crippen molar-refractivity contribution in [2.45, 2.75) is 37.8 Å². The Morgan fingerprint density at radius 3 is 2.57 bits per heavy atom. The lowest BCUT2D eigenvalue weighted by Crippen LogP contribution is -2.49. The van der Waals surface area contributed by atoms with Gasteiger partial charge in [-0.25, -0.2) is 4.39 Å². The van der Waals surface area contributed by atoms with E-state index >= 15 is 0 Å². The van der Waals surface area contributed by atoms with Crippen LogP contribution >= 0.6 is 11.6 Å². The van der Waals surface area contributed by atoms with Crippen LogP contribution in [0.4, 0.5) is 4.39 Å². The van der Waals surface area contributed by atoms with Crippen molar-refractivity contribution in [3.05, 3.63) is 34.6 Å². The Hall–Kier alpha value is -1.17. The number of piperidine rings is 1. The van der Waals surface area contributed by atoms with E-state index in [9.17, 15) is 9.18 Å². The fourth-order valence-electron chi connectivity index (χ4n) is 3.37. The number of carbonyl (C=O) groups is 1. The van der Waals surface area contributed by atoms with Crippen LogP contribution in [0.1, 0.15) is 36.0 Å². The van der Waals surface area contributed by atoms with E-state index in [4.69, 9.17) is 16.3 Å². The first-order valence-corrected chi connectivity index (χ1v) is 8.59. The molecule has 2 saturated heterocycles. The lowest BCUT2D eigenvalue weighted by atomic mass is 9.99. The van der Waals surface area contributed by atoms with Gasteiger partial charge in [0.2, 0.25) is 0 Å². The Balaban J connectivity index is 1.49. The number of halogens is 2. The van der Waals surface area contributed by atoms with Crippen molar-refractivity contribution in [1.82, 2.24) is 10.2 Å². The molecule has 2 fully saturated rings. The summed E-state index contributed by atoms with van der Waals surface area (Å²) in [4.78, 5) is 14.8. The van der Waals surface area contributed by atoms with E-state index in [0.717, 1.165) is 52.0 Å². The van der Waals surface area contributed by atoms with Crippen molar-refractivity contribution in [3.63, 3.8) is 0 Å². The molecule has 1 aromatic carbocycles. The molecule has 1 amide bonds. The highest BCUT2D eigenvalue weighted by Gasteiger charge is 2.27. The molecule has 1 N–H and O–H groups in total. The number of amides is 1. The van der Waals surface area contributed by atoms with Gasteiger partial charge in [0.1, 0.15) is 5.82 Å². The van der Waals surface area contributed by atoms with Crippen LogP contribution in [-0.2, 0) is 4.74 Å². The highest BCUT2D eigenvalue weighted by atomic mass is 35.5. The van der Waals surface area contributed by atoms with E-state index in [1.165, 1.54) is 18.2 Å². The zero-order valence-electron chi connectivity index (χ0n) is 13.1. The Morgan fingerprint density at radius 2 is 1.91 bits per heavy atom. The van der Waals surface area contributed by atoms with Gasteiger partial charge in [0.15, 0.2) is 0 Å². The average Bonchev–Trinajstić information content (AvgIpc) is 2.59. The average molecular weight is 341 g/mol. The Labute approximate surface area is 140 Å². The SMILES string of the molecule is O=C(NC1CCN(C2CCOCC2)CC1)c1ccc(F)c(Cl)c1. The Bertz CT molecular complexity index is 556. The van der Waals surface area contributed by atoms with Crippen LogP contribution < -0.4 is 5.32 Å².